The molecule has 0 saturated heterocycles. The molecule has 6 nitrogen and oxygen atoms in total. The Labute approximate surface area is 135 Å². The van der Waals surface area contributed by atoms with Crippen LogP contribution in [-0.4, -0.2) is 27.3 Å². The minimum absolute atomic E-state index is 0.0207. The Morgan fingerprint density at radius 2 is 1.78 bits per heavy atom. The average Bonchev–Trinajstić information content (AvgIpc) is 2.96. The molecule has 0 atom stereocenters. The van der Waals surface area contributed by atoms with Gasteiger partial charge >= 0.3 is 0 Å². The predicted octanol–water partition coefficient (Wildman–Crippen LogP) is 1.50. The first-order valence-electron chi connectivity index (χ1n) is 8.66. The molecule has 23 heavy (non-hydrogen) atoms. The number of hydrogen-bond acceptors (Lipinski definition) is 3. The number of rotatable bonds is 5. The highest BCUT2D eigenvalue weighted by Gasteiger charge is 2.51. The van der Waals surface area contributed by atoms with Gasteiger partial charge in [0.05, 0.1) is 6.54 Å². The summed E-state index contributed by atoms with van der Waals surface area (Å²) in [4.78, 5) is 31.2. The molecule has 0 spiro atoms. The number of aromatic nitrogens is 2. The lowest BCUT2D eigenvalue weighted by molar-refractivity contribution is -0.132. The van der Waals surface area contributed by atoms with Crippen LogP contribution in [0.5, 0.6) is 0 Å². The molecule has 1 heterocycles. The Bertz CT molecular complexity index is 560. The molecular weight excluding hydrogens is 292 g/mol. The number of nitrogens with one attached hydrogen (secondary N) is 3. The van der Waals surface area contributed by atoms with Crippen molar-refractivity contribution < 1.29 is 9.59 Å². The third-order valence-electron chi connectivity index (χ3n) is 5.77. The maximum Gasteiger partial charge on any atom is 0.229 e. The fourth-order valence-corrected chi connectivity index (χ4v) is 5.39. The van der Waals surface area contributed by atoms with Gasteiger partial charge in [0, 0.05) is 17.9 Å². The molecule has 5 rings (SSSR count). The van der Waals surface area contributed by atoms with Gasteiger partial charge in [-0.25, -0.2) is 4.98 Å². The minimum atomic E-state index is -0.247. The monoisotopic (exact) mass is 316 g/mol. The van der Waals surface area contributed by atoms with Crippen LogP contribution in [0, 0.1) is 17.8 Å². The Balaban J connectivity index is 1.29. The summed E-state index contributed by atoms with van der Waals surface area (Å²) >= 11 is 0. The van der Waals surface area contributed by atoms with Gasteiger partial charge in [-0.2, -0.15) is 0 Å². The van der Waals surface area contributed by atoms with Crippen LogP contribution in [0.2, 0.25) is 0 Å². The molecule has 4 fully saturated rings. The quantitative estimate of drug-likeness (QED) is 0.720. The molecule has 1 aromatic rings. The number of imidazole rings is 1. The van der Waals surface area contributed by atoms with Crippen molar-refractivity contribution in [1.29, 1.82) is 0 Å². The fraction of sp³-hybridized carbons (Fsp3) is 0.706. The second kappa shape index (κ2) is 5.65. The third kappa shape index (κ3) is 3.12. The van der Waals surface area contributed by atoms with E-state index in [1.807, 2.05) is 0 Å². The molecule has 0 unspecified atom stereocenters. The number of nitrogens with zero attached hydrogens (tertiary/aromatic N) is 1. The van der Waals surface area contributed by atoms with Crippen LogP contribution in [0.3, 0.4) is 0 Å². The summed E-state index contributed by atoms with van der Waals surface area (Å²) in [6.45, 7) is 0.330. The lowest BCUT2D eigenvalue weighted by atomic mass is 9.53. The van der Waals surface area contributed by atoms with Gasteiger partial charge < -0.3 is 15.6 Å². The summed E-state index contributed by atoms with van der Waals surface area (Å²) in [5.41, 5.74) is -0.0207. The van der Waals surface area contributed by atoms with Gasteiger partial charge in [-0.05, 0) is 56.3 Å². The topological polar surface area (TPSA) is 86.9 Å². The highest BCUT2D eigenvalue weighted by atomic mass is 16.2. The van der Waals surface area contributed by atoms with E-state index < -0.39 is 0 Å². The Kier molecular flexibility index (Phi) is 3.62. The fourth-order valence-electron chi connectivity index (χ4n) is 5.39. The van der Waals surface area contributed by atoms with Crippen molar-refractivity contribution in [1.82, 2.24) is 20.6 Å². The van der Waals surface area contributed by atoms with Gasteiger partial charge in [0.1, 0.15) is 12.2 Å². The number of aromatic amines is 1. The SMILES string of the molecule is O=C(CC(=O)NC12CC3CC(CC(C3)C1)C2)NCc1ncc[nH]1. The van der Waals surface area contributed by atoms with Crippen LogP contribution in [0.1, 0.15) is 50.8 Å². The summed E-state index contributed by atoms with van der Waals surface area (Å²) in [5.74, 6) is 2.67. The van der Waals surface area contributed by atoms with Crippen LogP contribution in [0.4, 0.5) is 0 Å². The van der Waals surface area contributed by atoms with Crippen molar-refractivity contribution >= 4 is 11.8 Å². The first-order chi connectivity index (χ1) is 11.1. The highest BCUT2D eigenvalue weighted by Crippen LogP contribution is 2.55. The van der Waals surface area contributed by atoms with Crippen molar-refractivity contribution in [3.8, 4) is 0 Å². The summed E-state index contributed by atoms with van der Waals surface area (Å²) < 4.78 is 0. The molecular formula is C17H24N4O2. The smallest absolute Gasteiger partial charge is 0.229 e. The lowest BCUT2D eigenvalue weighted by Gasteiger charge is -2.56. The van der Waals surface area contributed by atoms with Crippen molar-refractivity contribution in [2.45, 2.75) is 57.0 Å². The Morgan fingerprint density at radius 1 is 1.13 bits per heavy atom. The number of amides is 2. The zero-order chi connectivity index (χ0) is 15.9. The van der Waals surface area contributed by atoms with Crippen LogP contribution < -0.4 is 10.6 Å². The van der Waals surface area contributed by atoms with E-state index in [4.69, 9.17) is 0 Å². The molecule has 4 aliphatic carbocycles. The zero-order valence-electron chi connectivity index (χ0n) is 13.3. The lowest BCUT2D eigenvalue weighted by Crippen LogP contribution is -2.60. The van der Waals surface area contributed by atoms with Crippen LogP contribution in [-0.2, 0) is 16.1 Å². The van der Waals surface area contributed by atoms with Crippen molar-refractivity contribution in [3.63, 3.8) is 0 Å². The maximum atomic E-state index is 12.3. The number of hydrogen-bond donors (Lipinski definition) is 3. The largest absolute Gasteiger partial charge is 0.350 e. The normalized spacial score (nSPS) is 34.3. The summed E-state index contributed by atoms with van der Waals surface area (Å²) in [5, 5.41) is 5.96. The van der Waals surface area contributed by atoms with Crippen LogP contribution >= 0.6 is 0 Å². The number of carbonyl (C=O) groups is 2. The first kappa shape index (κ1) is 14.7. The molecule has 0 aromatic carbocycles. The molecule has 2 amide bonds. The standard InChI is InChI=1S/C17H24N4O2/c22-15(20-10-14-18-1-2-19-14)6-16(23)21-17-7-11-3-12(8-17)5-13(4-11)9-17/h1-2,11-13H,3-10H2,(H,18,19)(H,20,22)(H,21,23). The Hall–Kier alpha value is -1.85. The molecule has 4 saturated carbocycles. The zero-order valence-corrected chi connectivity index (χ0v) is 13.3. The first-order valence-corrected chi connectivity index (χ1v) is 8.66. The molecule has 6 heteroatoms. The summed E-state index contributed by atoms with van der Waals surface area (Å²) in [7, 11) is 0. The van der Waals surface area contributed by atoms with E-state index in [2.05, 4.69) is 20.6 Å². The second-order valence-corrected chi connectivity index (χ2v) is 7.74. The van der Waals surface area contributed by atoms with Crippen molar-refractivity contribution in [3.05, 3.63) is 18.2 Å². The Morgan fingerprint density at radius 3 is 2.35 bits per heavy atom. The van der Waals surface area contributed by atoms with Crippen molar-refractivity contribution in [2.75, 3.05) is 0 Å². The highest BCUT2D eigenvalue weighted by molar-refractivity contribution is 5.97. The van der Waals surface area contributed by atoms with Crippen LogP contribution in [0.25, 0.3) is 0 Å². The van der Waals surface area contributed by atoms with Crippen LogP contribution in [0.15, 0.2) is 12.4 Å². The van der Waals surface area contributed by atoms with E-state index in [1.54, 1.807) is 12.4 Å². The van der Waals surface area contributed by atoms with Gasteiger partial charge in [0.25, 0.3) is 0 Å². The van der Waals surface area contributed by atoms with Gasteiger partial charge in [-0.15, -0.1) is 0 Å². The second-order valence-electron chi connectivity index (χ2n) is 7.74. The summed E-state index contributed by atoms with van der Waals surface area (Å²) in [6.07, 6.45) is 10.6. The van der Waals surface area contributed by atoms with E-state index in [-0.39, 0.29) is 23.8 Å². The van der Waals surface area contributed by atoms with Gasteiger partial charge in [0.2, 0.25) is 11.8 Å². The van der Waals surface area contributed by atoms with E-state index in [1.165, 1.54) is 19.3 Å². The van der Waals surface area contributed by atoms with Crippen molar-refractivity contribution in [2.24, 2.45) is 17.8 Å². The van der Waals surface area contributed by atoms with E-state index in [9.17, 15) is 9.59 Å². The summed E-state index contributed by atoms with van der Waals surface area (Å²) in [6, 6.07) is 0. The van der Waals surface area contributed by atoms with E-state index >= 15 is 0 Å². The number of H-pyrrole nitrogens is 1. The van der Waals surface area contributed by atoms with E-state index in [0.717, 1.165) is 37.0 Å². The molecule has 124 valence electrons. The minimum Gasteiger partial charge on any atom is -0.350 e. The predicted molar refractivity (Wildman–Crippen MR) is 84.1 cm³/mol. The van der Waals surface area contributed by atoms with Gasteiger partial charge in [0.15, 0.2) is 0 Å². The molecule has 3 N–H and O–H groups in total. The molecule has 4 bridgehead atoms. The molecule has 1 aromatic heterocycles. The number of carbonyl (C=O) groups excluding carboxylic acids is 2. The molecule has 4 aliphatic rings. The maximum absolute atomic E-state index is 12.3. The molecule has 0 aliphatic heterocycles. The molecule has 0 radical (unpaired) electrons. The average molecular weight is 316 g/mol. The van der Waals surface area contributed by atoms with Gasteiger partial charge in [-0.3, -0.25) is 9.59 Å². The van der Waals surface area contributed by atoms with Gasteiger partial charge in [-0.1, -0.05) is 0 Å². The van der Waals surface area contributed by atoms with E-state index in [0.29, 0.717) is 12.4 Å². The third-order valence-corrected chi connectivity index (χ3v) is 5.77.